The molecule has 2 rings (SSSR count). The number of methoxy groups -OCH3 is 1. The van der Waals surface area contributed by atoms with Crippen molar-refractivity contribution in [3.8, 4) is 0 Å². The van der Waals surface area contributed by atoms with Crippen LogP contribution < -0.4 is 0 Å². The number of unbranched alkanes of at least 4 members (excludes halogenated alkanes) is 1. The molecular weight excluding hydrogens is 272 g/mol. The molecule has 2 fully saturated rings. The summed E-state index contributed by atoms with van der Waals surface area (Å²) in [5.74, 6) is 0.230. The molecule has 0 aromatic carbocycles. The van der Waals surface area contributed by atoms with Crippen LogP contribution in [0.15, 0.2) is 0 Å². The van der Waals surface area contributed by atoms with E-state index in [1.807, 2.05) is 6.92 Å². The van der Waals surface area contributed by atoms with Crippen LogP contribution in [0.1, 0.15) is 32.6 Å². The number of hydrogen-bond donors (Lipinski definition) is 0. The highest BCUT2D eigenvalue weighted by Crippen LogP contribution is 2.26. The van der Waals surface area contributed by atoms with Crippen molar-refractivity contribution < 1.29 is 19.1 Å². The van der Waals surface area contributed by atoms with E-state index in [9.17, 15) is 9.59 Å². The average Bonchev–Trinajstić information content (AvgIpc) is 2.97. The Labute approximate surface area is 126 Å². The average molecular weight is 298 g/mol. The lowest BCUT2D eigenvalue weighted by atomic mass is 10.1. The number of fused-ring (bicyclic) bond motifs is 1. The summed E-state index contributed by atoms with van der Waals surface area (Å²) in [6, 6.07) is -0.520. The third-order valence-electron chi connectivity index (χ3n) is 4.30. The van der Waals surface area contributed by atoms with E-state index in [2.05, 4.69) is 0 Å². The molecule has 0 aliphatic carbocycles. The SMILES string of the molecule is COCCOCCCCN1C(=O)C2CCCN2C(=O)C1C. The van der Waals surface area contributed by atoms with Gasteiger partial charge in [-0.25, -0.2) is 0 Å². The Hall–Kier alpha value is -1.14. The van der Waals surface area contributed by atoms with E-state index in [4.69, 9.17) is 9.47 Å². The van der Waals surface area contributed by atoms with Crippen molar-refractivity contribution in [1.82, 2.24) is 9.80 Å². The summed E-state index contributed by atoms with van der Waals surface area (Å²) in [6.07, 6.45) is 3.51. The Morgan fingerprint density at radius 2 is 1.95 bits per heavy atom. The molecule has 2 heterocycles. The number of ether oxygens (including phenoxy) is 2. The lowest BCUT2D eigenvalue weighted by Crippen LogP contribution is -2.61. The minimum Gasteiger partial charge on any atom is -0.382 e. The fourth-order valence-electron chi connectivity index (χ4n) is 3.08. The highest BCUT2D eigenvalue weighted by atomic mass is 16.5. The molecule has 2 amide bonds. The van der Waals surface area contributed by atoms with Gasteiger partial charge < -0.3 is 19.3 Å². The number of hydrogen-bond acceptors (Lipinski definition) is 4. The number of rotatable bonds is 8. The minimum atomic E-state index is -0.318. The second-order valence-electron chi connectivity index (χ2n) is 5.71. The third-order valence-corrected chi connectivity index (χ3v) is 4.30. The Kier molecular flexibility index (Phi) is 5.99. The zero-order valence-corrected chi connectivity index (χ0v) is 13.0. The molecule has 0 radical (unpaired) electrons. The smallest absolute Gasteiger partial charge is 0.246 e. The maximum absolute atomic E-state index is 12.5. The Morgan fingerprint density at radius 3 is 2.71 bits per heavy atom. The number of carbonyl (C=O) groups excluding carboxylic acids is 2. The van der Waals surface area contributed by atoms with Crippen LogP contribution in [0.3, 0.4) is 0 Å². The van der Waals surface area contributed by atoms with E-state index in [0.717, 1.165) is 32.2 Å². The molecule has 0 bridgehead atoms. The summed E-state index contributed by atoms with van der Waals surface area (Å²) >= 11 is 0. The maximum atomic E-state index is 12.5. The van der Waals surface area contributed by atoms with Crippen molar-refractivity contribution in [1.29, 1.82) is 0 Å². The predicted octanol–water partition coefficient (Wildman–Crippen LogP) is 0.651. The standard InChI is InChI=1S/C15H26N2O4/c1-12-14(18)17-8-5-6-13(17)15(19)16(12)7-3-4-9-21-11-10-20-2/h12-13H,3-11H2,1-2H3. The fourth-order valence-corrected chi connectivity index (χ4v) is 3.08. The van der Waals surface area contributed by atoms with E-state index >= 15 is 0 Å². The van der Waals surface area contributed by atoms with Gasteiger partial charge in [-0.2, -0.15) is 0 Å². The highest BCUT2D eigenvalue weighted by Gasteiger charge is 2.45. The molecule has 6 nitrogen and oxygen atoms in total. The molecule has 21 heavy (non-hydrogen) atoms. The van der Waals surface area contributed by atoms with E-state index in [1.54, 1.807) is 16.9 Å². The first kappa shape index (κ1) is 16.2. The molecule has 2 saturated heterocycles. The van der Waals surface area contributed by atoms with Crippen LogP contribution in [0.25, 0.3) is 0 Å². The molecule has 120 valence electrons. The van der Waals surface area contributed by atoms with E-state index in [0.29, 0.717) is 26.4 Å². The van der Waals surface area contributed by atoms with Crippen LogP contribution in [0.5, 0.6) is 0 Å². The molecule has 0 saturated carbocycles. The van der Waals surface area contributed by atoms with Crippen LogP contribution in [-0.4, -0.2) is 73.7 Å². The van der Waals surface area contributed by atoms with E-state index < -0.39 is 0 Å². The normalized spacial score (nSPS) is 25.6. The highest BCUT2D eigenvalue weighted by molar-refractivity contribution is 5.97. The van der Waals surface area contributed by atoms with Crippen molar-refractivity contribution >= 4 is 11.8 Å². The zero-order valence-electron chi connectivity index (χ0n) is 13.0. The molecule has 6 heteroatoms. The third kappa shape index (κ3) is 3.74. The van der Waals surface area contributed by atoms with Gasteiger partial charge in [0.05, 0.1) is 13.2 Å². The monoisotopic (exact) mass is 298 g/mol. The number of nitrogens with zero attached hydrogens (tertiary/aromatic N) is 2. The Balaban J connectivity index is 1.74. The lowest BCUT2D eigenvalue weighted by molar-refractivity contribution is -0.158. The molecule has 2 unspecified atom stereocenters. The summed E-state index contributed by atoms with van der Waals surface area (Å²) in [7, 11) is 1.65. The van der Waals surface area contributed by atoms with Crippen molar-refractivity contribution in [2.45, 2.75) is 44.7 Å². The molecule has 0 aromatic rings. The summed E-state index contributed by atoms with van der Waals surface area (Å²) in [5, 5.41) is 0. The van der Waals surface area contributed by atoms with E-state index in [-0.39, 0.29) is 23.9 Å². The summed E-state index contributed by atoms with van der Waals surface area (Å²) in [6.45, 7) is 5.09. The summed E-state index contributed by atoms with van der Waals surface area (Å²) < 4.78 is 10.3. The van der Waals surface area contributed by atoms with Crippen molar-refractivity contribution in [2.24, 2.45) is 0 Å². The van der Waals surface area contributed by atoms with Crippen LogP contribution in [0.4, 0.5) is 0 Å². The van der Waals surface area contributed by atoms with Gasteiger partial charge in [0.2, 0.25) is 11.8 Å². The van der Waals surface area contributed by atoms with Gasteiger partial charge in [-0.3, -0.25) is 9.59 Å². The molecule has 0 N–H and O–H groups in total. The van der Waals surface area contributed by atoms with Gasteiger partial charge in [0, 0.05) is 26.8 Å². The molecule has 2 aliphatic rings. The molecule has 0 spiro atoms. The molecule has 2 aliphatic heterocycles. The van der Waals surface area contributed by atoms with Gasteiger partial charge in [0.25, 0.3) is 0 Å². The van der Waals surface area contributed by atoms with Gasteiger partial charge in [-0.15, -0.1) is 0 Å². The van der Waals surface area contributed by atoms with Crippen LogP contribution in [0, 0.1) is 0 Å². The second kappa shape index (κ2) is 7.75. The summed E-state index contributed by atoms with van der Waals surface area (Å²) in [4.78, 5) is 28.2. The quantitative estimate of drug-likeness (QED) is 0.617. The molecular formula is C15H26N2O4. The van der Waals surface area contributed by atoms with Crippen LogP contribution in [-0.2, 0) is 19.1 Å². The minimum absolute atomic E-state index is 0.105. The van der Waals surface area contributed by atoms with Crippen LogP contribution >= 0.6 is 0 Å². The van der Waals surface area contributed by atoms with Crippen molar-refractivity contribution in [3.63, 3.8) is 0 Å². The zero-order chi connectivity index (χ0) is 15.2. The predicted molar refractivity (Wildman–Crippen MR) is 77.8 cm³/mol. The Bertz CT molecular complexity index is 375. The van der Waals surface area contributed by atoms with Crippen molar-refractivity contribution in [2.75, 3.05) is 40.0 Å². The lowest BCUT2D eigenvalue weighted by Gasteiger charge is -2.41. The van der Waals surface area contributed by atoms with Crippen LogP contribution in [0.2, 0.25) is 0 Å². The number of carbonyl (C=O) groups is 2. The summed E-state index contributed by atoms with van der Waals surface area (Å²) in [5.41, 5.74) is 0. The largest absolute Gasteiger partial charge is 0.382 e. The van der Waals surface area contributed by atoms with Gasteiger partial charge in [0.1, 0.15) is 12.1 Å². The first-order valence-corrected chi connectivity index (χ1v) is 7.84. The molecule has 0 aromatic heterocycles. The molecule has 2 atom stereocenters. The van der Waals surface area contributed by atoms with Gasteiger partial charge in [0.15, 0.2) is 0 Å². The van der Waals surface area contributed by atoms with Crippen molar-refractivity contribution in [3.05, 3.63) is 0 Å². The van der Waals surface area contributed by atoms with Gasteiger partial charge >= 0.3 is 0 Å². The maximum Gasteiger partial charge on any atom is 0.246 e. The van der Waals surface area contributed by atoms with E-state index in [1.165, 1.54) is 0 Å². The Morgan fingerprint density at radius 1 is 1.14 bits per heavy atom. The van der Waals surface area contributed by atoms with Gasteiger partial charge in [-0.1, -0.05) is 0 Å². The first-order chi connectivity index (χ1) is 10.2. The first-order valence-electron chi connectivity index (χ1n) is 7.84. The second-order valence-corrected chi connectivity index (χ2v) is 5.71. The van der Waals surface area contributed by atoms with Gasteiger partial charge in [-0.05, 0) is 32.6 Å². The topological polar surface area (TPSA) is 59.1 Å². The number of piperazine rings is 1. The number of amides is 2. The fraction of sp³-hybridized carbons (Fsp3) is 0.867.